The van der Waals surface area contributed by atoms with Crippen molar-refractivity contribution >= 4 is 17.3 Å². The van der Waals surface area contributed by atoms with Gasteiger partial charge in [-0.25, -0.2) is 4.98 Å². The maximum absolute atomic E-state index is 5.25. The van der Waals surface area contributed by atoms with Crippen molar-refractivity contribution in [2.45, 2.75) is 27.2 Å². The molecule has 0 spiro atoms. The summed E-state index contributed by atoms with van der Waals surface area (Å²) in [7, 11) is 0. The zero-order chi connectivity index (χ0) is 14.4. The van der Waals surface area contributed by atoms with E-state index in [1.165, 1.54) is 0 Å². The van der Waals surface area contributed by atoms with Crippen molar-refractivity contribution in [3.63, 3.8) is 0 Å². The van der Waals surface area contributed by atoms with Crippen LogP contribution < -0.4 is 10.6 Å². The van der Waals surface area contributed by atoms with Crippen LogP contribution in [-0.4, -0.2) is 43.8 Å². The minimum absolute atomic E-state index is 0.217. The molecule has 0 radical (unpaired) electrons. The molecule has 1 saturated heterocycles. The Morgan fingerprint density at radius 3 is 2.85 bits per heavy atom. The fraction of sp³-hybridized carbons (Fsp3) is 0.714. The molecule has 1 aliphatic rings. The van der Waals surface area contributed by atoms with Gasteiger partial charge in [-0.2, -0.15) is 0 Å². The Kier molecular flexibility index (Phi) is 5.37. The lowest BCUT2D eigenvalue weighted by Crippen LogP contribution is -2.44. The molecular formula is C14H24N4OS. The van der Waals surface area contributed by atoms with Crippen LogP contribution in [-0.2, 0) is 11.2 Å². The van der Waals surface area contributed by atoms with Crippen LogP contribution in [0, 0.1) is 12.3 Å². The molecule has 2 heterocycles. The molecule has 2 N–H and O–H groups in total. The minimum Gasteiger partial charge on any atom is -0.380 e. The molecule has 0 bridgehead atoms. The van der Waals surface area contributed by atoms with Crippen molar-refractivity contribution in [3.05, 3.63) is 16.1 Å². The number of thiazole rings is 1. The number of aromatic nitrogens is 1. The molecule has 2 rings (SSSR count). The van der Waals surface area contributed by atoms with Gasteiger partial charge in [0, 0.05) is 30.3 Å². The van der Waals surface area contributed by atoms with E-state index in [0.717, 1.165) is 55.9 Å². The van der Waals surface area contributed by atoms with E-state index >= 15 is 0 Å². The Labute approximate surface area is 124 Å². The van der Waals surface area contributed by atoms with E-state index in [9.17, 15) is 0 Å². The van der Waals surface area contributed by atoms with Crippen molar-refractivity contribution in [3.8, 4) is 0 Å². The van der Waals surface area contributed by atoms with Gasteiger partial charge in [0.2, 0.25) is 0 Å². The predicted molar refractivity (Wildman–Crippen MR) is 83.5 cm³/mol. The number of hydrogen-bond donors (Lipinski definition) is 2. The Bertz CT molecular complexity index is 454. The number of aliphatic imine (C=N–C) groups is 1. The number of ether oxygens (including phenoxy) is 1. The average Bonchev–Trinajstić information content (AvgIpc) is 2.79. The highest BCUT2D eigenvalue weighted by Crippen LogP contribution is 2.26. The molecular weight excluding hydrogens is 272 g/mol. The van der Waals surface area contributed by atoms with Crippen LogP contribution in [0.25, 0.3) is 0 Å². The van der Waals surface area contributed by atoms with Crippen LogP contribution in [0.3, 0.4) is 0 Å². The van der Waals surface area contributed by atoms with Gasteiger partial charge in [0.25, 0.3) is 0 Å². The van der Waals surface area contributed by atoms with E-state index in [0.29, 0.717) is 0 Å². The summed E-state index contributed by atoms with van der Waals surface area (Å²) in [6, 6.07) is 0. The zero-order valence-corrected chi connectivity index (χ0v) is 13.3. The van der Waals surface area contributed by atoms with Crippen molar-refractivity contribution in [1.82, 2.24) is 15.6 Å². The fourth-order valence-electron chi connectivity index (χ4n) is 1.99. The molecule has 1 aromatic rings. The molecule has 1 aromatic heterocycles. The molecule has 0 saturated carbocycles. The van der Waals surface area contributed by atoms with Gasteiger partial charge in [0.15, 0.2) is 5.96 Å². The maximum Gasteiger partial charge on any atom is 0.191 e. The van der Waals surface area contributed by atoms with E-state index in [-0.39, 0.29) is 5.41 Å². The molecule has 0 amide bonds. The number of nitrogens with one attached hydrogen (secondary N) is 2. The van der Waals surface area contributed by atoms with Crippen molar-refractivity contribution < 1.29 is 4.74 Å². The van der Waals surface area contributed by atoms with Crippen LogP contribution in [0.1, 0.15) is 24.5 Å². The smallest absolute Gasteiger partial charge is 0.191 e. The van der Waals surface area contributed by atoms with Crippen LogP contribution in [0.5, 0.6) is 0 Å². The van der Waals surface area contributed by atoms with E-state index in [4.69, 9.17) is 4.74 Å². The highest BCUT2D eigenvalue weighted by molar-refractivity contribution is 7.09. The molecule has 20 heavy (non-hydrogen) atoms. The minimum atomic E-state index is 0.217. The van der Waals surface area contributed by atoms with Crippen molar-refractivity contribution in [2.75, 3.05) is 32.8 Å². The Morgan fingerprint density at radius 2 is 2.30 bits per heavy atom. The first kappa shape index (κ1) is 15.3. The predicted octanol–water partition coefficient (Wildman–Crippen LogP) is 1.59. The van der Waals surface area contributed by atoms with E-state index in [2.05, 4.69) is 39.8 Å². The standard InChI is InChI=1S/C14H24N4OS/c1-4-15-13(17-8-14(3)9-19-10-14)16-6-5-12-7-20-11(2)18-12/h7H,4-6,8-10H2,1-3H3,(H2,15,16,17). The summed E-state index contributed by atoms with van der Waals surface area (Å²) < 4.78 is 5.25. The summed E-state index contributed by atoms with van der Waals surface area (Å²) >= 11 is 1.70. The van der Waals surface area contributed by atoms with Gasteiger partial charge in [-0.15, -0.1) is 11.3 Å². The zero-order valence-electron chi connectivity index (χ0n) is 12.5. The number of guanidine groups is 1. The summed E-state index contributed by atoms with van der Waals surface area (Å²) in [6.07, 6.45) is 0.926. The van der Waals surface area contributed by atoms with Crippen LogP contribution in [0.4, 0.5) is 0 Å². The monoisotopic (exact) mass is 296 g/mol. The van der Waals surface area contributed by atoms with Gasteiger partial charge in [-0.05, 0) is 13.8 Å². The molecule has 6 heteroatoms. The maximum atomic E-state index is 5.25. The third-order valence-corrected chi connectivity index (χ3v) is 4.03. The van der Waals surface area contributed by atoms with Gasteiger partial charge in [0.1, 0.15) is 0 Å². The van der Waals surface area contributed by atoms with Gasteiger partial charge in [-0.3, -0.25) is 4.99 Å². The summed E-state index contributed by atoms with van der Waals surface area (Å²) in [5.41, 5.74) is 1.36. The average molecular weight is 296 g/mol. The van der Waals surface area contributed by atoms with Gasteiger partial charge in [-0.1, -0.05) is 6.92 Å². The summed E-state index contributed by atoms with van der Waals surface area (Å²) in [5.74, 6) is 0.882. The number of rotatable bonds is 6. The molecule has 0 aromatic carbocycles. The van der Waals surface area contributed by atoms with Gasteiger partial charge >= 0.3 is 0 Å². The summed E-state index contributed by atoms with van der Waals surface area (Å²) in [6.45, 7) is 10.5. The van der Waals surface area contributed by atoms with Crippen LogP contribution >= 0.6 is 11.3 Å². The second kappa shape index (κ2) is 7.04. The quantitative estimate of drug-likeness (QED) is 0.618. The molecule has 5 nitrogen and oxygen atoms in total. The topological polar surface area (TPSA) is 58.5 Å². The lowest BCUT2D eigenvalue weighted by molar-refractivity contribution is -0.0945. The largest absolute Gasteiger partial charge is 0.380 e. The molecule has 112 valence electrons. The van der Waals surface area contributed by atoms with Gasteiger partial charge < -0.3 is 15.4 Å². The molecule has 1 fully saturated rings. The van der Waals surface area contributed by atoms with E-state index in [1.54, 1.807) is 11.3 Å². The highest BCUT2D eigenvalue weighted by Gasteiger charge is 2.33. The molecule has 1 aliphatic heterocycles. The second-order valence-electron chi connectivity index (χ2n) is 5.53. The van der Waals surface area contributed by atoms with Crippen LogP contribution in [0.2, 0.25) is 0 Å². The fourth-order valence-corrected chi connectivity index (χ4v) is 2.63. The molecule has 0 aliphatic carbocycles. The SMILES string of the molecule is CCNC(=NCC1(C)COC1)NCCc1csc(C)n1. The number of hydrogen-bond acceptors (Lipinski definition) is 4. The highest BCUT2D eigenvalue weighted by atomic mass is 32.1. The van der Waals surface area contributed by atoms with E-state index < -0.39 is 0 Å². The normalized spacial score (nSPS) is 17.6. The third-order valence-electron chi connectivity index (χ3n) is 3.20. The molecule has 0 atom stereocenters. The van der Waals surface area contributed by atoms with Crippen molar-refractivity contribution in [2.24, 2.45) is 10.4 Å². The third kappa shape index (κ3) is 4.45. The lowest BCUT2D eigenvalue weighted by atomic mass is 9.89. The first-order valence-electron chi connectivity index (χ1n) is 7.12. The van der Waals surface area contributed by atoms with Crippen molar-refractivity contribution in [1.29, 1.82) is 0 Å². The number of nitrogens with zero attached hydrogens (tertiary/aromatic N) is 2. The summed E-state index contributed by atoms with van der Waals surface area (Å²) in [5, 5.41) is 9.88. The summed E-state index contributed by atoms with van der Waals surface area (Å²) in [4.78, 5) is 9.10. The van der Waals surface area contributed by atoms with E-state index in [1.807, 2.05) is 6.92 Å². The Hall–Kier alpha value is -1.14. The lowest BCUT2D eigenvalue weighted by Gasteiger charge is -2.36. The second-order valence-corrected chi connectivity index (χ2v) is 6.60. The molecule has 0 unspecified atom stereocenters. The first-order chi connectivity index (χ1) is 9.61. The van der Waals surface area contributed by atoms with Crippen LogP contribution in [0.15, 0.2) is 10.4 Å². The van der Waals surface area contributed by atoms with Gasteiger partial charge in [0.05, 0.1) is 30.5 Å². The first-order valence-corrected chi connectivity index (χ1v) is 8.00. The number of aryl methyl sites for hydroxylation is 1. The Balaban J connectivity index is 1.77. The Morgan fingerprint density at radius 1 is 1.50 bits per heavy atom.